The SMILES string of the molecule is COc1ccc(C#N)cc1Cn1ncc(I)cc1=O. The molecule has 1 aromatic heterocycles. The van der Waals surface area contributed by atoms with Gasteiger partial charge in [-0.2, -0.15) is 10.4 Å². The average Bonchev–Trinajstić information content (AvgIpc) is 2.41. The molecule has 2 aromatic rings. The Morgan fingerprint density at radius 2 is 2.26 bits per heavy atom. The van der Waals surface area contributed by atoms with E-state index in [-0.39, 0.29) is 12.1 Å². The summed E-state index contributed by atoms with van der Waals surface area (Å²) in [5.74, 6) is 0.631. The molecule has 0 saturated carbocycles. The molecule has 0 aliphatic carbocycles. The van der Waals surface area contributed by atoms with Crippen LogP contribution in [-0.2, 0) is 6.54 Å². The first-order valence-electron chi connectivity index (χ1n) is 5.43. The normalized spacial score (nSPS) is 9.95. The molecule has 19 heavy (non-hydrogen) atoms. The fourth-order valence-electron chi connectivity index (χ4n) is 1.66. The van der Waals surface area contributed by atoms with Gasteiger partial charge in [0.25, 0.3) is 5.56 Å². The van der Waals surface area contributed by atoms with E-state index in [1.165, 1.54) is 10.7 Å². The molecular formula is C13H10IN3O2. The van der Waals surface area contributed by atoms with Gasteiger partial charge in [-0.05, 0) is 40.8 Å². The van der Waals surface area contributed by atoms with Crippen LogP contribution in [0.25, 0.3) is 0 Å². The van der Waals surface area contributed by atoms with Crippen LogP contribution in [0.5, 0.6) is 5.75 Å². The Labute approximate surface area is 123 Å². The summed E-state index contributed by atoms with van der Waals surface area (Å²) in [4.78, 5) is 11.8. The first-order chi connectivity index (χ1) is 9.13. The predicted octanol–water partition coefficient (Wildman–Crippen LogP) is 1.78. The molecule has 0 unspecified atom stereocenters. The van der Waals surface area contributed by atoms with Gasteiger partial charge in [0.15, 0.2) is 0 Å². The van der Waals surface area contributed by atoms with Crippen molar-refractivity contribution < 1.29 is 4.74 Å². The van der Waals surface area contributed by atoms with Crippen molar-refractivity contribution in [3.05, 3.63) is 55.5 Å². The Balaban J connectivity index is 2.42. The average molecular weight is 367 g/mol. The van der Waals surface area contributed by atoms with E-state index in [4.69, 9.17) is 10.00 Å². The second-order valence-electron chi connectivity index (χ2n) is 3.81. The van der Waals surface area contributed by atoms with Crippen LogP contribution in [0.2, 0.25) is 0 Å². The molecule has 0 bridgehead atoms. The third-order valence-electron chi connectivity index (χ3n) is 2.57. The van der Waals surface area contributed by atoms with Gasteiger partial charge in [-0.3, -0.25) is 4.79 Å². The van der Waals surface area contributed by atoms with E-state index < -0.39 is 0 Å². The number of nitrogens with zero attached hydrogens (tertiary/aromatic N) is 3. The van der Waals surface area contributed by atoms with Crippen molar-refractivity contribution in [2.75, 3.05) is 7.11 Å². The van der Waals surface area contributed by atoms with Crippen LogP contribution < -0.4 is 10.3 Å². The lowest BCUT2D eigenvalue weighted by atomic mass is 10.1. The van der Waals surface area contributed by atoms with Gasteiger partial charge in [-0.15, -0.1) is 0 Å². The summed E-state index contributed by atoms with van der Waals surface area (Å²) in [5.41, 5.74) is 1.09. The lowest BCUT2D eigenvalue weighted by molar-refractivity contribution is 0.406. The predicted molar refractivity (Wildman–Crippen MR) is 78.0 cm³/mol. The second-order valence-corrected chi connectivity index (χ2v) is 5.05. The number of halogens is 1. The van der Waals surface area contributed by atoms with E-state index in [9.17, 15) is 4.79 Å². The van der Waals surface area contributed by atoms with Crippen molar-refractivity contribution in [3.63, 3.8) is 0 Å². The van der Waals surface area contributed by atoms with Crippen LogP contribution >= 0.6 is 22.6 Å². The molecule has 2 rings (SSSR count). The van der Waals surface area contributed by atoms with E-state index in [1.807, 2.05) is 22.6 Å². The van der Waals surface area contributed by atoms with Gasteiger partial charge in [0.1, 0.15) is 5.75 Å². The molecule has 0 aliphatic heterocycles. The Kier molecular flexibility index (Phi) is 4.16. The number of nitriles is 1. The lowest BCUT2D eigenvalue weighted by Gasteiger charge is -2.09. The Morgan fingerprint density at radius 3 is 2.89 bits per heavy atom. The highest BCUT2D eigenvalue weighted by atomic mass is 127. The number of ether oxygens (including phenoxy) is 1. The maximum absolute atomic E-state index is 11.8. The third kappa shape index (κ3) is 3.12. The van der Waals surface area contributed by atoms with Crippen molar-refractivity contribution in [1.82, 2.24) is 9.78 Å². The highest BCUT2D eigenvalue weighted by Crippen LogP contribution is 2.20. The fourth-order valence-corrected chi connectivity index (χ4v) is 2.05. The van der Waals surface area contributed by atoms with E-state index in [0.29, 0.717) is 11.3 Å². The molecule has 1 aromatic carbocycles. The van der Waals surface area contributed by atoms with Gasteiger partial charge < -0.3 is 4.74 Å². The van der Waals surface area contributed by atoms with Crippen LogP contribution in [0.15, 0.2) is 35.3 Å². The van der Waals surface area contributed by atoms with Gasteiger partial charge in [0, 0.05) is 15.2 Å². The van der Waals surface area contributed by atoms with Gasteiger partial charge in [0.2, 0.25) is 0 Å². The second kappa shape index (κ2) is 5.84. The van der Waals surface area contributed by atoms with Crippen molar-refractivity contribution in [2.24, 2.45) is 0 Å². The number of hydrogen-bond acceptors (Lipinski definition) is 4. The maximum Gasteiger partial charge on any atom is 0.268 e. The zero-order valence-electron chi connectivity index (χ0n) is 10.1. The smallest absolute Gasteiger partial charge is 0.268 e. The minimum Gasteiger partial charge on any atom is -0.496 e. The highest BCUT2D eigenvalue weighted by Gasteiger charge is 2.07. The molecule has 0 saturated heterocycles. The Morgan fingerprint density at radius 1 is 1.47 bits per heavy atom. The molecule has 0 radical (unpaired) electrons. The molecule has 0 N–H and O–H groups in total. The summed E-state index contributed by atoms with van der Waals surface area (Å²) in [6, 6.07) is 8.66. The minimum absolute atomic E-state index is 0.184. The van der Waals surface area contributed by atoms with Gasteiger partial charge in [-0.25, -0.2) is 4.68 Å². The number of methoxy groups -OCH3 is 1. The van der Waals surface area contributed by atoms with E-state index >= 15 is 0 Å². The van der Waals surface area contributed by atoms with Crippen LogP contribution in [0.3, 0.4) is 0 Å². The third-order valence-corrected chi connectivity index (χ3v) is 3.16. The molecule has 0 aliphatic rings. The van der Waals surface area contributed by atoms with Crippen LogP contribution in [-0.4, -0.2) is 16.9 Å². The van der Waals surface area contributed by atoms with Crippen LogP contribution in [0.4, 0.5) is 0 Å². The van der Waals surface area contributed by atoms with Crippen molar-refractivity contribution in [1.29, 1.82) is 5.26 Å². The van der Waals surface area contributed by atoms with Crippen molar-refractivity contribution >= 4 is 22.6 Å². The summed E-state index contributed by atoms with van der Waals surface area (Å²) in [5, 5.41) is 13.0. The van der Waals surface area contributed by atoms with Crippen LogP contribution in [0.1, 0.15) is 11.1 Å². The maximum atomic E-state index is 11.8. The summed E-state index contributed by atoms with van der Waals surface area (Å²) >= 11 is 2.03. The standard InChI is InChI=1S/C13H10IN3O2/c1-19-12-3-2-9(6-15)4-10(12)8-17-13(18)5-11(14)7-16-17/h2-5,7H,8H2,1H3. The Hall–Kier alpha value is -1.88. The van der Waals surface area contributed by atoms with Gasteiger partial charge >= 0.3 is 0 Å². The summed E-state index contributed by atoms with van der Waals surface area (Å²) in [7, 11) is 1.55. The largest absolute Gasteiger partial charge is 0.496 e. The zero-order valence-corrected chi connectivity index (χ0v) is 12.3. The number of hydrogen-bond donors (Lipinski definition) is 0. The first-order valence-corrected chi connectivity index (χ1v) is 6.51. The molecule has 0 spiro atoms. The molecular weight excluding hydrogens is 357 g/mol. The molecule has 0 amide bonds. The van der Waals surface area contributed by atoms with E-state index in [1.54, 1.807) is 31.5 Å². The lowest BCUT2D eigenvalue weighted by Crippen LogP contribution is -2.23. The minimum atomic E-state index is -0.184. The quantitative estimate of drug-likeness (QED) is 0.776. The Bertz CT molecular complexity index is 704. The van der Waals surface area contributed by atoms with Gasteiger partial charge in [0.05, 0.1) is 31.5 Å². The molecule has 96 valence electrons. The summed E-state index contributed by atoms with van der Waals surface area (Å²) in [6.07, 6.45) is 1.61. The first kappa shape index (κ1) is 13.5. The fraction of sp³-hybridized carbons (Fsp3) is 0.154. The summed E-state index contributed by atoms with van der Waals surface area (Å²) in [6.45, 7) is 0.272. The molecule has 5 nitrogen and oxygen atoms in total. The van der Waals surface area contributed by atoms with E-state index in [0.717, 1.165) is 9.13 Å². The van der Waals surface area contributed by atoms with Gasteiger partial charge in [-0.1, -0.05) is 0 Å². The molecule has 0 atom stereocenters. The van der Waals surface area contributed by atoms with Crippen LogP contribution in [0, 0.1) is 14.9 Å². The van der Waals surface area contributed by atoms with E-state index in [2.05, 4.69) is 11.2 Å². The van der Waals surface area contributed by atoms with Crippen molar-refractivity contribution in [3.8, 4) is 11.8 Å². The molecule has 1 heterocycles. The topological polar surface area (TPSA) is 67.9 Å². The zero-order chi connectivity index (χ0) is 13.8. The summed E-state index contributed by atoms with van der Waals surface area (Å²) < 4.78 is 7.35. The molecule has 6 heteroatoms. The monoisotopic (exact) mass is 367 g/mol. The highest BCUT2D eigenvalue weighted by molar-refractivity contribution is 14.1. The number of benzene rings is 1. The number of rotatable bonds is 3. The molecule has 0 fully saturated rings. The number of aromatic nitrogens is 2. The van der Waals surface area contributed by atoms with Crippen molar-refractivity contribution in [2.45, 2.75) is 6.54 Å².